The van der Waals surface area contributed by atoms with Crippen LogP contribution in [0.1, 0.15) is 38.7 Å². The molecule has 18 heavy (non-hydrogen) atoms. The molecule has 0 amide bonds. The van der Waals surface area contributed by atoms with Gasteiger partial charge in [0.1, 0.15) is 0 Å². The van der Waals surface area contributed by atoms with Gasteiger partial charge in [-0.15, -0.1) is 11.6 Å². The largest absolute Gasteiger partial charge is 0.299 e. The molecule has 0 N–H and O–H groups in total. The molecule has 0 aromatic heterocycles. The van der Waals surface area contributed by atoms with Gasteiger partial charge in [-0.3, -0.25) is 4.90 Å². The zero-order valence-electron chi connectivity index (χ0n) is 11.7. The first kappa shape index (κ1) is 15.5. The fourth-order valence-electron chi connectivity index (χ4n) is 2.52. The van der Waals surface area contributed by atoms with E-state index in [1.165, 1.54) is 31.2 Å². The first-order chi connectivity index (χ1) is 8.81. The van der Waals surface area contributed by atoms with E-state index in [1.807, 2.05) is 0 Å². The quantitative estimate of drug-likeness (QED) is 0.602. The molecule has 0 atom stereocenters. The molecule has 1 aromatic carbocycles. The molecule has 0 bridgehead atoms. The number of alkyl halides is 1. The molecule has 0 fully saturated rings. The Balaban J connectivity index is 2.37. The van der Waals surface area contributed by atoms with Crippen LogP contribution in [0.2, 0.25) is 0 Å². The van der Waals surface area contributed by atoms with Crippen LogP contribution in [0.4, 0.5) is 0 Å². The minimum Gasteiger partial charge on any atom is -0.299 e. The lowest BCUT2D eigenvalue weighted by atomic mass is 10.1. The van der Waals surface area contributed by atoms with E-state index >= 15 is 0 Å². The van der Waals surface area contributed by atoms with Crippen LogP contribution >= 0.6 is 11.6 Å². The predicted octanol–water partition coefficient (Wildman–Crippen LogP) is 4.35. The Labute approximate surface area is 117 Å². The van der Waals surface area contributed by atoms with Crippen molar-refractivity contribution in [1.29, 1.82) is 0 Å². The summed E-state index contributed by atoms with van der Waals surface area (Å²) in [6, 6.07) is 11.4. The van der Waals surface area contributed by atoms with Crippen molar-refractivity contribution in [2.75, 3.05) is 19.0 Å². The lowest BCUT2D eigenvalue weighted by Crippen LogP contribution is -2.37. The number of halogens is 1. The van der Waals surface area contributed by atoms with E-state index in [2.05, 4.69) is 49.1 Å². The molecule has 1 rings (SSSR count). The molecule has 0 heterocycles. The predicted molar refractivity (Wildman–Crippen MR) is 81.4 cm³/mol. The van der Waals surface area contributed by atoms with Crippen molar-refractivity contribution >= 4 is 11.6 Å². The summed E-state index contributed by atoms with van der Waals surface area (Å²) in [6.45, 7) is 6.72. The lowest BCUT2D eigenvalue weighted by Gasteiger charge is -2.29. The molecular formula is C16H26ClN. The molecule has 1 aromatic rings. The average molecular weight is 268 g/mol. The molecule has 0 spiro atoms. The van der Waals surface area contributed by atoms with Crippen molar-refractivity contribution in [3.8, 4) is 0 Å². The Bertz CT molecular complexity index is 295. The standard InChI is InChI=1S/C16H26ClN/c1-3-16(4-2)18(14-12-17)13-8-11-15-9-6-5-7-10-15/h5-7,9-10,16H,3-4,8,11-14H2,1-2H3. The van der Waals surface area contributed by atoms with Crippen molar-refractivity contribution in [2.45, 2.75) is 45.6 Å². The van der Waals surface area contributed by atoms with Gasteiger partial charge in [0.05, 0.1) is 0 Å². The van der Waals surface area contributed by atoms with E-state index in [4.69, 9.17) is 11.6 Å². The highest BCUT2D eigenvalue weighted by Gasteiger charge is 2.13. The summed E-state index contributed by atoms with van der Waals surface area (Å²) in [4.78, 5) is 2.55. The molecule has 102 valence electrons. The maximum atomic E-state index is 5.91. The third-order valence-electron chi connectivity index (χ3n) is 3.58. The van der Waals surface area contributed by atoms with Gasteiger partial charge in [0, 0.05) is 18.5 Å². The summed E-state index contributed by atoms with van der Waals surface area (Å²) in [5, 5.41) is 0. The van der Waals surface area contributed by atoms with E-state index in [0.29, 0.717) is 6.04 Å². The Hall–Kier alpha value is -0.530. The van der Waals surface area contributed by atoms with E-state index in [9.17, 15) is 0 Å². The summed E-state index contributed by atoms with van der Waals surface area (Å²) in [5.41, 5.74) is 1.44. The Morgan fingerprint density at radius 1 is 1.06 bits per heavy atom. The molecule has 0 aliphatic heterocycles. The zero-order valence-corrected chi connectivity index (χ0v) is 12.5. The second-order valence-corrected chi connectivity index (χ2v) is 5.16. The highest BCUT2D eigenvalue weighted by molar-refractivity contribution is 6.18. The maximum Gasteiger partial charge on any atom is 0.0351 e. The normalized spacial score (nSPS) is 11.4. The molecule has 1 nitrogen and oxygen atoms in total. The van der Waals surface area contributed by atoms with Crippen LogP contribution in [-0.2, 0) is 6.42 Å². The van der Waals surface area contributed by atoms with Crippen LogP contribution in [0.25, 0.3) is 0 Å². The van der Waals surface area contributed by atoms with Gasteiger partial charge >= 0.3 is 0 Å². The Morgan fingerprint density at radius 2 is 1.72 bits per heavy atom. The van der Waals surface area contributed by atoms with Gasteiger partial charge in [-0.25, -0.2) is 0 Å². The maximum absolute atomic E-state index is 5.91. The second-order valence-electron chi connectivity index (χ2n) is 4.78. The van der Waals surface area contributed by atoms with Gasteiger partial charge < -0.3 is 0 Å². The number of aryl methyl sites for hydroxylation is 1. The summed E-state index contributed by atoms with van der Waals surface area (Å²) >= 11 is 5.91. The number of rotatable bonds is 9. The van der Waals surface area contributed by atoms with Gasteiger partial charge in [-0.05, 0) is 37.8 Å². The molecule has 2 heteroatoms. The number of benzene rings is 1. The van der Waals surface area contributed by atoms with E-state index < -0.39 is 0 Å². The van der Waals surface area contributed by atoms with Crippen LogP contribution < -0.4 is 0 Å². The first-order valence-electron chi connectivity index (χ1n) is 7.15. The summed E-state index contributed by atoms with van der Waals surface area (Å²) in [7, 11) is 0. The second kappa shape index (κ2) is 9.41. The molecule has 0 aliphatic rings. The number of nitrogens with zero attached hydrogens (tertiary/aromatic N) is 1. The lowest BCUT2D eigenvalue weighted by molar-refractivity contribution is 0.194. The van der Waals surface area contributed by atoms with Crippen LogP contribution in [0.5, 0.6) is 0 Å². The van der Waals surface area contributed by atoms with Crippen molar-refractivity contribution in [3.63, 3.8) is 0 Å². The Kier molecular flexibility index (Phi) is 8.11. The van der Waals surface area contributed by atoms with Crippen molar-refractivity contribution in [3.05, 3.63) is 35.9 Å². The SMILES string of the molecule is CCC(CC)N(CCCl)CCCc1ccccc1. The smallest absolute Gasteiger partial charge is 0.0351 e. The van der Waals surface area contributed by atoms with Crippen molar-refractivity contribution in [1.82, 2.24) is 4.90 Å². The molecule has 0 radical (unpaired) electrons. The van der Waals surface area contributed by atoms with Crippen molar-refractivity contribution < 1.29 is 0 Å². The van der Waals surface area contributed by atoms with E-state index in [1.54, 1.807) is 0 Å². The Morgan fingerprint density at radius 3 is 2.28 bits per heavy atom. The molecule has 0 saturated heterocycles. The van der Waals surface area contributed by atoms with Crippen molar-refractivity contribution in [2.24, 2.45) is 0 Å². The van der Waals surface area contributed by atoms with Crippen LogP contribution in [0.15, 0.2) is 30.3 Å². The van der Waals surface area contributed by atoms with Gasteiger partial charge in [0.25, 0.3) is 0 Å². The van der Waals surface area contributed by atoms with E-state index in [-0.39, 0.29) is 0 Å². The highest BCUT2D eigenvalue weighted by Crippen LogP contribution is 2.11. The first-order valence-corrected chi connectivity index (χ1v) is 7.69. The van der Waals surface area contributed by atoms with Crippen LogP contribution in [0.3, 0.4) is 0 Å². The topological polar surface area (TPSA) is 3.24 Å². The number of hydrogen-bond acceptors (Lipinski definition) is 1. The van der Waals surface area contributed by atoms with Gasteiger partial charge in [0.15, 0.2) is 0 Å². The minimum absolute atomic E-state index is 0.694. The fraction of sp³-hybridized carbons (Fsp3) is 0.625. The third kappa shape index (κ3) is 5.41. The fourth-order valence-corrected chi connectivity index (χ4v) is 2.74. The van der Waals surface area contributed by atoms with Gasteiger partial charge in [0.2, 0.25) is 0 Å². The highest BCUT2D eigenvalue weighted by atomic mass is 35.5. The van der Waals surface area contributed by atoms with E-state index in [0.717, 1.165) is 19.0 Å². The number of hydrogen-bond donors (Lipinski definition) is 0. The molecular weight excluding hydrogens is 242 g/mol. The zero-order chi connectivity index (χ0) is 13.2. The summed E-state index contributed by atoms with van der Waals surface area (Å²) in [6.07, 6.45) is 4.83. The summed E-state index contributed by atoms with van der Waals surface area (Å²) < 4.78 is 0. The molecule has 0 saturated carbocycles. The molecule has 0 aliphatic carbocycles. The molecule has 0 unspecified atom stereocenters. The van der Waals surface area contributed by atoms with Gasteiger partial charge in [-0.1, -0.05) is 44.2 Å². The average Bonchev–Trinajstić information content (AvgIpc) is 2.41. The van der Waals surface area contributed by atoms with Crippen LogP contribution in [0, 0.1) is 0 Å². The van der Waals surface area contributed by atoms with Crippen LogP contribution in [-0.4, -0.2) is 29.9 Å². The monoisotopic (exact) mass is 267 g/mol. The summed E-state index contributed by atoms with van der Waals surface area (Å²) in [5.74, 6) is 0.738. The van der Waals surface area contributed by atoms with Gasteiger partial charge in [-0.2, -0.15) is 0 Å². The third-order valence-corrected chi connectivity index (χ3v) is 3.75. The minimum atomic E-state index is 0.694.